The Morgan fingerprint density at radius 3 is 2.41 bits per heavy atom. The first kappa shape index (κ1) is 22.7. The zero-order valence-electron chi connectivity index (χ0n) is 19.4. The molecule has 2 aliphatic rings. The number of nitrogens with zero attached hydrogens (tertiary/aromatic N) is 3. The van der Waals surface area contributed by atoms with Crippen LogP contribution >= 0.6 is 0 Å². The molecule has 2 fully saturated rings. The Hall–Kier alpha value is -2.44. The monoisotopic (exact) mass is 439 g/mol. The van der Waals surface area contributed by atoms with Gasteiger partial charge in [0.15, 0.2) is 0 Å². The summed E-state index contributed by atoms with van der Waals surface area (Å²) in [5.41, 5.74) is 1.71. The number of hydrogen-bond acceptors (Lipinski definition) is 4. The molecule has 1 unspecified atom stereocenters. The summed E-state index contributed by atoms with van der Waals surface area (Å²) < 4.78 is 19.1. The van der Waals surface area contributed by atoms with E-state index in [2.05, 4.69) is 34.9 Å². The maximum Gasteiger partial charge on any atom is 0.229 e. The van der Waals surface area contributed by atoms with Crippen LogP contribution in [0.5, 0.6) is 5.75 Å². The Bertz CT molecular complexity index is 925. The summed E-state index contributed by atoms with van der Waals surface area (Å²) in [5, 5.41) is 0. The molecule has 1 atom stereocenters. The smallest absolute Gasteiger partial charge is 0.229 e. The van der Waals surface area contributed by atoms with Crippen LogP contribution in [0, 0.1) is 11.2 Å². The number of benzene rings is 2. The fourth-order valence-electron chi connectivity index (χ4n) is 5.18. The predicted molar refractivity (Wildman–Crippen MR) is 124 cm³/mol. The highest BCUT2D eigenvalue weighted by Crippen LogP contribution is 2.39. The van der Waals surface area contributed by atoms with E-state index in [4.69, 9.17) is 4.74 Å². The third-order valence-electron chi connectivity index (χ3n) is 7.29. The molecule has 1 amide bonds. The van der Waals surface area contributed by atoms with Gasteiger partial charge in [-0.1, -0.05) is 30.3 Å². The van der Waals surface area contributed by atoms with E-state index in [0.717, 1.165) is 55.9 Å². The summed E-state index contributed by atoms with van der Waals surface area (Å²) in [6.45, 7) is 3.99. The highest BCUT2D eigenvalue weighted by Gasteiger charge is 2.44. The zero-order valence-corrected chi connectivity index (χ0v) is 19.4. The number of carbonyl (C=O) groups excluding carboxylic acids is 1. The van der Waals surface area contributed by atoms with Crippen molar-refractivity contribution in [2.24, 2.45) is 5.41 Å². The summed E-state index contributed by atoms with van der Waals surface area (Å²) in [4.78, 5) is 20.7. The van der Waals surface area contributed by atoms with Crippen LogP contribution in [0.4, 0.5) is 4.39 Å². The number of likely N-dealkylation sites (tertiary alicyclic amines) is 1. The molecular weight excluding hydrogens is 405 g/mol. The molecule has 0 radical (unpaired) electrons. The third kappa shape index (κ3) is 4.66. The minimum Gasteiger partial charge on any atom is -0.496 e. The van der Waals surface area contributed by atoms with Gasteiger partial charge in [0.2, 0.25) is 5.91 Å². The number of halogens is 1. The molecule has 0 N–H and O–H groups in total. The van der Waals surface area contributed by atoms with Gasteiger partial charge in [0.05, 0.1) is 18.6 Å². The molecule has 0 spiro atoms. The maximum absolute atomic E-state index is 14.1. The fraction of sp³-hybridized carbons (Fsp3) is 0.500. The second-order valence-corrected chi connectivity index (χ2v) is 9.38. The molecule has 6 heteroatoms. The SMILES string of the molecule is COc1ccccc1C1CN(C(=O)C2(Cc3ccc(F)cc3)CCN(C)CC2)CCN1C. The number of ether oxygens (including phenoxy) is 1. The van der Waals surface area contributed by atoms with E-state index < -0.39 is 5.41 Å². The topological polar surface area (TPSA) is 36.0 Å². The predicted octanol–water partition coefficient (Wildman–Crippen LogP) is 3.60. The Morgan fingerprint density at radius 2 is 1.72 bits per heavy atom. The first-order valence-corrected chi connectivity index (χ1v) is 11.5. The first-order chi connectivity index (χ1) is 15.4. The molecular formula is C26H34FN3O2. The van der Waals surface area contributed by atoms with Crippen molar-refractivity contribution in [1.29, 1.82) is 0 Å². The lowest BCUT2D eigenvalue weighted by Crippen LogP contribution is -2.56. The van der Waals surface area contributed by atoms with Gasteiger partial charge < -0.3 is 14.5 Å². The fourth-order valence-corrected chi connectivity index (χ4v) is 5.18. The number of piperidine rings is 1. The van der Waals surface area contributed by atoms with E-state index in [9.17, 15) is 9.18 Å². The summed E-state index contributed by atoms with van der Waals surface area (Å²) >= 11 is 0. The van der Waals surface area contributed by atoms with Crippen molar-refractivity contribution in [3.05, 3.63) is 65.5 Å². The number of para-hydroxylation sites is 1. The average molecular weight is 440 g/mol. The molecule has 4 rings (SSSR count). The standard InChI is InChI=1S/C26H34FN3O2/c1-28-14-12-26(13-15-28,18-20-8-10-21(27)11-9-20)25(31)30-17-16-29(2)23(19-30)22-6-4-5-7-24(22)32-3/h4-11,23H,12-19H2,1-3H3. The number of piperazine rings is 1. The molecule has 32 heavy (non-hydrogen) atoms. The Morgan fingerprint density at radius 1 is 1.03 bits per heavy atom. The van der Waals surface area contributed by atoms with Crippen LogP contribution in [-0.2, 0) is 11.2 Å². The minimum atomic E-state index is -0.439. The number of rotatable bonds is 5. The van der Waals surface area contributed by atoms with Crippen molar-refractivity contribution in [3.63, 3.8) is 0 Å². The lowest BCUT2D eigenvalue weighted by molar-refractivity contribution is -0.148. The second kappa shape index (κ2) is 9.59. The normalized spacial score (nSPS) is 22.0. The molecule has 5 nitrogen and oxygen atoms in total. The van der Waals surface area contributed by atoms with Crippen LogP contribution < -0.4 is 4.74 Å². The Balaban J connectivity index is 1.59. The van der Waals surface area contributed by atoms with Gasteiger partial charge in [0.1, 0.15) is 11.6 Å². The van der Waals surface area contributed by atoms with Crippen LogP contribution in [0.3, 0.4) is 0 Å². The number of methoxy groups -OCH3 is 1. The molecule has 0 aromatic heterocycles. The molecule has 2 heterocycles. The Labute approximate surface area is 190 Å². The van der Waals surface area contributed by atoms with Crippen molar-refractivity contribution in [2.45, 2.75) is 25.3 Å². The summed E-state index contributed by atoms with van der Waals surface area (Å²) in [5.74, 6) is 0.859. The molecule has 0 saturated carbocycles. The van der Waals surface area contributed by atoms with Gasteiger partial charge in [-0.15, -0.1) is 0 Å². The van der Waals surface area contributed by atoms with Crippen molar-refractivity contribution in [3.8, 4) is 5.75 Å². The van der Waals surface area contributed by atoms with Crippen LogP contribution in [0.1, 0.15) is 30.0 Å². The van der Waals surface area contributed by atoms with Gasteiger partial charge in [0.25, 0.3) is 0 Å². The van der Waals surface area contributed by atoms with Crippen LogP contribution in [-0.4, -0.2) is 74.5 Å². The zero-order chi connectivity index (χ0) is 22.7. The van der Waals surface area contributed by atoms with Gasteiger partial charge >= 0.3 is 0 Å². The second-order valence-electron chi connectivity index (χ2n) is 9.38. The minimum absolute atomic E-state index is 0.0954. The van der Waals surface area contributed by atoms with E-state index in [1.165, 1.54) is 12.1 Å². The van der Waals surface area contributed by atoms with Crippen molar-refractivity contribution < 1.29 is 13.9 Å². The maximum atomic E-state index is 14.1. The lowest BCUT2D eigenvalue weighted by Gasteiger charge is -2.46. The van der Waals surface area contributed by atoms with Crippen LogP contribution in [0.15, 0.2) is 48.5 Å². The first-order valence-electron chi connectivity index (χ1n) is 11.5. The van der Waals surface area contributed by atoms with E-state index in [1.54, 1.807) is 7.11 Å². The van der Waals surface area contributed by atoms with Crippen LogP contribution in [0.2, 0.25) is 0 Å². The lowest BCUT2D eigenvalue weighted by atomic mass is 9.72. The number of likely N-dealkylation sites (N-methyl/N-ethyl adjacent to an activating group) is 1. The van der Waals surface area contributed by atoms with Crippen molar-refractivity contribution >= 4 is 5.91 Å². The summed E-state index contributed by atoms with van der Waals surface area (Å²) in [6, 6.07) is 14.8. The van der Waals surface area contributed by atoms with E-state index in [0.29, 0.717) is 13.0 Å². The van der Waals surface area contributed by atoms with Crippen molar-refractivity contribution in [2.75, 3.05) is 53.9 Å². The van der Waals surface area contributed by atoms with Crippen LogP contribution in [0.25, 0.3) is 0 Å². The average Bonchev–Trinajstić information content (AvgIpc) is 2.82. The largest absolute Gasteiger partial charge is 0.496 e. The highest BCUT2D eigenvalue weighted by molar-refractivity contribution is 5.83. The molecule has 0 bridgehead atoms. The van der Waals surface area contributed by atoms with Gasteiger partial charge in [-0.25, -0.2) is 4.39 Å². The van der Waals surface area contributed by atoms with E-state index in [-0.39, 0.29) is 17.8 Å². The van der Waals surface area contributed by atoms with Gasteiger partial charge in [-0.2, -0.15) is 0 Å². The molecule has 172 valence electrons. The van der Waals surface area contributed by atoms with Crippen molar-refractivity contribution in [1.82, 2.24) is 14.7 Å². The number of carbonyl (C=O) groups is 1. The number of amides is 1. The Kier molecular flexibility index (Phi) is 6.82. The molecule has 0 aliphatic carbocycles. The molecule has 2 aliphatic heterocycles. The van der Waals surface area contributed by atoms with Gasteiger partial charge in [-0.05, 0) is 70.2 Å². The van der Waals surface area contributed by atoms with Gasteiger partial charge in [0, 0.05) is 25.2 Å². The van der Waals surface area contributed by atoms with Gasteiger partial charge in [-0.3, -0.25) is 9.69 Å². The van der Waals surface area contributed by atoms with E-state index >= 15 is 0 Å². The highest BCUT2D eigenvalue weighted by atomic mass is 19.1. The summed E-state index contributed by atoms with van der Waals surface area (Å²) in [7, 11) is 5.92. The van der Waals surface area contributed by atoms with E-state index in [1.807, 2.05) is 30.3 Å². The molecule has 2 saturated heterocycles. The summed E-state index contributed by atoms with van der Waals surface area (Å²) in [6.07, 6.45) is 2.31. The third-order valence-corrected chi connectivity index (χ3v) is 7.29. The number of hydrogen-bond donors (Lipinski definition) is 0. The quantitative estimate of drug-likeness (QED) is 0.713. The molecule has 2 aromatic rings. The molecule has 2 aromatic carbocycles.